The molecule has 0 unspecified atom stereocenters. The van der Waals surface area contributed by atoms with Crippen LogP contribution in [-0.2, 0) is 0 Å². The molecule has 0 spiro atoms. The highest BCUT2D eigenvalue weighted by Crippen LogP contribution is 2.27. The summed E-state index contributed by atoms with van der Waals surface area (Å²) in [6, 6.07) is 17.0. The molecule has 3 rings (SSSR count). The molecule has 0 saturated heterocycles. The predicted octanol–water partition coefficient (Wildman–Crippen LogP) is 3.61. The van der Waals surface area contributed by atoms with Gasteiger partial charge in [0.05, 0.1) is 0 Å². The average molecular weight is 305 g/mol. The largest absolute Gasteiger partial charge is 0.476 e. The SMILES string of the molecule is CN(c1ccccc1)c1cc(-c2cccnc2C(=O)O)ccn1. The molecule has 5 heteroatoms. The molecule has 114 valence electrons. The molecule has 1 aromatic carbocycles. The van der Waals surface area contributed by atoms with Crippen LogP contribution >= 0.6 is 0 Å². The Hall–Kier alpha value is -3.21. The van der Waals surface area contributed by atoms with Crippen LogP contribution in [0.5, 0.6) is 0 Å². The van der Waals surface area contributed by atoms with Gasteiger partial charge in [-0.1, -0.05) is 24.3 Å². The molecule has 0 radical (unpaired) electrons. The van der Waals surface area contributed by atoms with Gasteiger partial charge in [-0.25, -0.2) is 14.8 Å². The van der Waals surface area contributed by atoms with Gasteiger partial charge in [-0.2, -0.15) is 0 Å². The maximum atomic E-state index is 11.3. The first-order valence-corrected chi connectivity index (χ1v) is 7.10. The van der Waals surface area contributed by atoms with Crippen LogP contribution < -0.4 is 4.90 Å². The Labute approximate surface area is 133 Å². The summed E-state index contributed by atoms with van der Waals surface area (Å²) in [5, 5.41) is 9.29. The van der Waals surface area contributed by atoms with Gasteiger partial charge >= 0.3 is 5.97 Å². The van der Waals surface area contributed by atoms with Crippen molar-refractivity contribution in [3.05, 3.63) is 72.7 Å². The Balaban J connectivity index is 2.03. The summed E-state index contributed by atoms with van der Waals surface area (Å²) in [5.74, 6) is -0.315. The zero-order valence-electron chi connectivity index (χ0n) is 12.5. The minimum atomic E-state index is -1.05. The van der Waals surface area contributed by atoms with Crippen molar-refractivity contribution in [2.45, 2.75) is 0 Å². The van der Waals surface area contributed by atoms with Crippen LogP contribution in [0.2, 0.25) is 0 Å². The zero-order chi connectivity index (χ0) is 16.2. The van der Waals surface area contributed by atoms with Crippen molar-refractivity contribution in [1.29, 1.82) is 0 Å². The van der Waals surface area contributed by atoms with Crippen LogP contribution in [0.15, 0.2) is 67.0 Å². The molecule has 3 aromatic rings. The van der Waals surface area contributed by atoms with E-state index in [1.54, 1.807) is 24.4 Å². The minimum Gasteiger partial charge on any atom is -0.476 e. The van der Waals surface area contributed by atoms with Gasteiger partial charge in [0, 0.05) is 30.7 Å². The Morgan fingerprint density at radius 2 is 1.78 bits per heavy atom. The predicted molar refractivity (Wildman–Crippen MR) is 88.9 cm³/mol. The van der Waals surface area contributed by atoms with Gasteiger partial charge in [-0.3, -0.25) is 0 Å². The van der Waals surface area contributed by atoms with Crippen molar-refractivity contribution < 1.29 is 9.90 Å². The van der Waals surface area contributed by atoms with E-state index in [0.29, 0.717) is 5.56 Å². The quantitative estimate of drug-likeness (QED) is 0.797. The number of aromatic nitrogens is 2. The summed E-state index contributed by atoms with van der Waals surface area (Å²) in [7, 11) is 1.92. The van der Waals surface area contributed by atoms with Gasteiger partial charge < -0.3 is 10.0 Å². The third-order valence-electron chi connectivity index (χ3n) is 3.55. The molecule has 0 saturated carbocycles. The third kappa shape index (κ3) is 3.03. The highest BCUT2D eigenvalue weighted by molar-refractivity contribution is 5.94. The molecule has 2 aromatic heterocycles. The molecular weight excluding hydrogens is 290 g/mol. The number of aromatic carboxylic acids is 1. The lowest BCUT2D eigenvalue weighted by atomic mass is 10.1. The number of carboxylic acid groups (broad SMARTS) is 1. The fourth-order valence-corrected chi connectivity index (χ4v) is 2.36. The Bertz CT molecular complexity index is 834. The molecule has 0 bridgehead atoms. The van der Waals surface area contributed by atoms with Gasteiger partial charge in [0.15, 0.2) is 5.69 Å². The van der Waals surface area contributed by atoms with E-state index in [9.17, 15) is 9.90 Å². The lowest BCUT2D eigenvalue weighted by molar-refractivity contribution is 0.0691. The van der Waals surface area contributed by atoms with Gasteiger partial charge in [0.25, 0.3) is 0 Å². The molecule has 5 nitrogen and oxygen atoms in total. The summed E-state index contributed by atoms with van der Waals surface area (Å²) in [5.41, 5.74) is 2.38. The first-order valence-electron chi connectivity index (χ1n) is 7.10. The number of anilines is 2. The van der Waals surface area contributed by atoms with E-state index in [2.05, 4.69) is 9.97 Å². The minimum absolute atomic E-state index is 0.0343. The molecular formula is C18H15N3O2. The van der Waals surface area contributed by atoms with E-state index < -0.39 is 5.97 Å². The van der Waals surface area contributed by atoms with Crippen LogP contribution in [0.3, 0.4) is 0 Å². The van der Waals surface area contributed by atoms with Crippen molar-refractivity contribution >= 4 is 17.5 Å². The van der Waals surface area contributed by atoms with Crippen LogP contribution in [0.4, 0.5) is 11.5 Å². The van der Waals surface area contributed by atoms with E-state index in [0.717, 1.165) is 17.1 Å². The Morgan fingerprint density at radius 3 is 2.52 bits per heavy atom. The Morgan fingerprint density at radius 1 is 1.00 bits per heavy atom. The van der Waals surface area contributed by atoms with Crippen LogP contribution in [-0.4, -0.2) is 28.1 Å². The molecule has 0 fully saturated rings. The van der Waals surface area contributed by atoms with Gasteiger partial charge in [-0.15, -0.1) is 0 Å². The maximum absolute atomic E-state index is 11.3. The smallest absolute Gasteiger partial charge is 0.355 e. The van der Waals surface area contributed by atoms with Crippen molar-refractivity contribution in [2.75, 3.05) is 11.9 Å². The van der Waals surface area contributed by atoms with E-state index >= 15 is 0 Å². The number of hydrogen-bond donors (Lipinski definition) is 1. The lowest BCUT2D eigenvalue weighted by Gasteiger charge is -2.19. The Kier molecular flexibility index (Phi) is 4.01. The van der Waals surface area contributed by atoms with Crippen molar-refractivity contribution in [1.82, 2.24) is 9.97 Å². The van der Waals surface area contributed by atoms with Gasteiger partial charge in [-0.05, 0) is 35.9 Å². The van der Waals surface area contributed by atoms with Gasteiger partial charge in [0.1, 0.15) is 5.82 Å². The maximum Gasteiger partial charge on any atom is 0.355 e. The fourth-order valence-electron chi connectivity index (χ4n) is 2.36. The second kappa shape index (κ2) is 6.27. The molecule has 0 amide bonds. The van der Waals surface area contributed by atoms with Crippen molar-refractivity contribution in [3.63, 3.8) is 0 Å². The molecule has 0 aliphatic carbocycles. The standard InChI is InChI=1S/C18H15N3O2/c1-21(14-6-3-2-4-7-14)16-12-13(9-11-19-16)15-8-5-10-20-17(15)18(22)23/h2-12H,1H3,(H,22,23). The topological polar surface area (TPSA) is 66.3 Å². The van der Waals surface area contributed by atoms with Crippen molar-refractivity contribution in [2.24, 2.45) is 0 Å². The third-order valence-corrected chi connectivity index (χ3v) is 3.55. The molecule has 1 N–H and O–H groups in total. The average Bonchev–Trinajstić information content (AvgIpc) is 2.62. The number of pyridine rings is 2. The summed E-state index contributed by atoms with van der Waals surface area (Å²) < 4.78 is 0. The number of nitrogens with zero attached hydrogens (tertiary/aromatic N) is 3. The molecule has 23 heavy (non-hydrogen) atoms. The van der Waals surface area contributed by atoms with E-state index in [-0.39, 0.29) is 5.69 Å². The number of hydrogen-bond acceptors (Lipinski definition) is 4. The van der Waals surface area contributed by atoms with Crippen LogP contribution in [0, 0.1) is 0 Å². The number of carbonyl (C=O) groups is 1. The van der Waals surface area contributed by atoms with E-state index in [1.807, 2.05) is 48.3 Å². The van der Waals surface area contributed by atoms with Crippen LogP contribution in [0.25, 0.3) is 11.1 Å². The monoisotopic (exact) mass is 305 g/mol. The van der Waals surface area contributed by atoms with E-state index in [1.165, 1.54) is 6.20 Å². The number of para-hydroxylation sites is 1. The normalized spacial score (nSPS) is 10.3. The summed E-state index contributed by atoms with van der Waals surface area (Å²) >= 11 is 0. The second-order valence-electron chi connectivity index (χ2n) is 5.00. The molecule has 2 heterocycles. The number of benzene rings is 1. The summed E-state index contributed by atoms with van der Waals surface area (Å²) in [4.78, 5) is 21.6. The van der Waals surface area contributed by atoms with Crippen molar-refractivity contribution in [3.8, 4) is 11.1 Å². The highest BCUT2D eigenvalue weighted by atomic mass is 16.4. The first-order chi connectivity index (χ1) is 11.2. The van der Waals surface area contributed by atoms with Crippen LogP contribution in [0.1, 0.15) is 10.5 Å². The fraction of sp³-hybridized carbons (Fsp3) is 0.0556. The zero-order valence-corrected chi connectivity index (χ0v) is 12.5. The number of rotatable bonds is 4. The van der Waals surface area contributed by atoms with Gasteiger partial charge in [0.2, 0.25) is 0 Å². The van der Waals surface area contributed by atoms with E-state index in [4.69, 9.17) is 0 Å². The number of carboxylic acids is 1. The molecule has 0 aliphatic heterocycles. The highest BCUT2D eigenvalue weighted by Gasteiger charge is 2.14. The lowest BCUT2D eigenvalue weighted by Crippen LogP contribution is -2.11. The second-order valence-corrected chi connectivity index (χ2v) is 5.00. The summed E-state index contributed by atoms with van der Waals surface area (Å²) in [6.45, 7) is 0. The molecule has 0 aliphatic rings. The summed E-state index contributed by atoms with van der Waals surface area (Å²) in [6.07, 6.45) is 3.15. The first kappa shape index (κ1) is 14.7. The molecule has 0 atom stereocenters.